The fourth-order valence-corrected chi connectivity index (χ4v) is 2.96. The van der Waals surface area contributed by atoms with Crippen molar-refractivity contribution in [1.82, 2.24) is 0 Å². The van der Waals surface area contributed by atoms with Gasteiger partial charge in [-0.15, -0.1) is 0 Å². The summed E-state index contributed by atoms with van der Waals surface area (Å²) in [6, 6.07) is 8.11. The molecule has 3 heteroatoms. The maximum atomic E-state index is 11.3. The SMILES string of the molecule is CCCCCCCCCCC=Cc1cccc(OCCCC(=O)OCC)c1. The summed E-state index contributed by atoms with van der Waals surface area (Å²) in [4.78, 5) is 11.3. The summed E-state index contributed by atoms with van der Waals surface area (Å²) < 4.78 is 10.6. The minimum Gasteiger partial charge on any atom is -0.494 e. The predicted molar refractivity (Wildman–Crippen MR) is 114 cm³/mol. The highest BCUT2D eigenvalue weighted by Gasteiger charge is 2.01. The first kappa shape index (κ1) is 23.3. The molecule has 0 saturated carbocycles. The third kappa shape index (κ3) is 13.1. The molecule has 0 aromatic heterocycles. The first-order valence-corrected chi connectivity index (χ1v) is 10.8. The third-order valence-electron chi connectivity index (χ3n) is 4.49. The molecule has 0 aliphatic rings. The highest BCUT2D eigenvalue weighted by molar-refractivity contribution is 5.69. The molecule has 0 saturated heterocycles. The summed E-state index contributed by atoms with van der Waals surface area (Å²) >= 11 is 0. The van der Waals surface area contributed by atoms with E-state index < -0.39 is 0 Å². The molecule has 0 aliphatic heterocycles. The quantitative estimate of drug-likeness (QED) is 0.232. The molecule has 152 valence electrons. The number of hydrogen-bond acceptors (Lipinski definition) is 3. The fraction of sp³-hybridized carbons (Fsp3) is 0.625. The van der Waals surface area contributed by atoms with Gasteiger partial charge in [0.25, 0.3) is 0 Å². The molecule has 1 aromatic carbocycles. The molecule has 0 spiro atoms. The topological polar surface area (TPSA) is 35.5 Å². The van der Waals surface area contributed by atoms with Crippen molar-refractivity contribution in [3.63, 3.8) is 0 Å². The van der Waals surface area contributed by atoms with Gasteiger partial charge in [0.05, 0.1) is 13.2 Å². The maximum Gasteiger partial charge on any atom is 0.305 e. The lowest BCUT2D eigenvalue weighted by atomic mass is 10.1. The van der Waals surface area contributed by atoms with Gasteiger partial charge in [0.2, 0.25) is 0 Å². The molecular weight excluding hydrogens is 336 g/mol. The largest absolute Gasteiger partial charge is 0.494 e. The molecule has 0 atom stereocenters. The average Bonchev–Trinajstić information content (AvgIpc) is 2.67. The highest BCUT2D eigenvalue weighted by atomic mass is 16.5. The van der Waals surface area contributed by atoms with Crippen LogP contribution in [0.1, 0.15) is 90.0 Å². The Kier molecular flexibility index (Phi) is 14.1. The molecular formula is C24H38O3. The maximum absolute atomic E-state index is 11.3. The van der Waals surface area contributed by atoms with E-state index in [1.54, 1.807) is 0 Å². The van der Waals surface area contributed by atoms with Gasteiger partial charge < -0.3 is 9.47 Å². The van der Waals surface area contributed by atoms with E-state index in [0.29, 0.717) is 26.1 Å². The molecule has 0 radical (unpaired) electrons. The summed E-state index contributed by atoms with van der Waals surface area (Å²) in [5, 5.41) is 0. The van der Waals surface area contributed by atoms with E-state index >= 15 is 0 Å². The van der Waals surface area contributed by atoms with Crippen LogP contribution in [0.2, 0.25) is 0 Å². The van der Waals surface area contributed by atoms with Crippen LogP contribution < -0.4 is 4.74 Å². The number of ether oxygens (including phenoxy) is 2. The first-order valence-electron chi connectivity index (χ1n) is 10.8. The Hall–Kier alpha value is -1.77. The molecule has 0 N–H and O–H groups in total. The van der Waals surface area contributed by atoms with Gasteiger partial charge in [-0.1, -0.05) is 76.2 Å². The van der Waals surface area contributed by atoms with Crippen LogP contribution in [0.5, 0.6) is 5.75 Å². The molecule has 1 rings (SSSR count). The molecule has 3 nitrogen and oxygen atoms in total. The van der Waals surface area contributed by atoms with Crippen molar-refractivity contribution in [3.8, 4) is 5.75 Å². The van der Waals surface area contributed by atoms with Crippen molar-refractivity contribution in [2.24, 2.45) is 0 Å². The molecule has 0 unspecified atom stereocenters. The van der Waals surface area contributed by atoms with Crippen LogP contribution in [0.25, 0.3) is 6.08 Å². The van der Waals surface area contributed by atoms with Crippen LogP contribution >= 0.6 is 0 Å². The first-order chi connectivity index (χ1) is 13.3. The van der Waals surface area contributed by atoms with E-state index in [-0.39, 0.29) is 5.97 Å². The van der Waals surface area contributed by atoms with E-state index in [1.165, 1.54) is 51.4 Å². The number of esters is 1. The number of carbonyl (C=O) groups excluding carboxylic acids is 1. The Morgan fingerprint density at radius 2 is 1.70 bits per heavy atom. The highest BCUT2D eigenvalue weighted by Crippen LogP contribution is 2.16. The zero-order chi connectivity index (χ0) is 19.6. The van der Waals surface area contributed by atoms with E-state index in [0.717, 1.165) is 17.7 Å². The smallest absolute Gasteiger partial charge is 0.305 e. The second-order valence-electron chi connectivity index (χ2n) is 7.00. The number of hydrogen-bond donors (Lipinski definition) is 0. The molecule has 0 fully saturated rings. The second-order valence-corrected chi connectivity index (χ2v) is 7.00. The summed E-state index contributed by atoms with van der Waals surface area (Å²) in [5.41, 5.74) is 1.16. The van der Waals surface area contributed by atoms with E-state index in [1.807, 2.05) is 19.1 Å². The summed E-state index contributed by atoms with van der Waals surface area (Å²) in [5.74, 6) is 0.701. The second kappa shape index (κ2) is 16.4. The molecule has 0 heterocycles. The summed E-state index contributed by atoms with van der Waals surface area (Å²) in [6.45, 7) is 5.06. The van der Waals surface area contributed by atoms with Crippen LogP contribution in [-0.2, 0) is 9.53 Å². The van der Waals surface area contributed by atoms with E-state index in [4.69, 9.17) is 9.47 Å². The van der Waals surface area contributed by atoms with Crippen molar-refractivity contribution in [3.05, 3.63) is 35.9 Å². The Morgan fingerprint density at radius 3 is 2.44 bits per heavy atom. The van der Waals surface area contributed by atoms with Crippen molar-refractivity contribution < 1.29 is 14.3 Å². The number of allylic oxidation sites excluding steroid dienone is 1. The normalized spacial score (nSPS) is 11.0. The average molecular weight is 375 g/mol. The monoisotopic (exact) mass is 374 g/mol. The Morgan fingerprint density at radius 1 is 0.963 bits per heavy atom. The van der Waals surface area contributed by atoms with Gasteiger partial charge in [0, 0.05) is 6.42 Å². The Balaban J connectivity index is 2.14. The van der Waals surface area contributed by atoms with Gasteiger partial charge in [-0.2, -0.15) is 0 Å². The lowest BCUT2D eigenvalue weighted by molar-refractivity contribution is -0.143. The van der Waals surface area contributed by atoms with Crippen LogP contribution in [0.15, 0.2) is 30.3 Å². The van der Waals surface area contributed by atoms with Crippen LogP contribution in [0.3, 0.4) is 0 Å². The third-order valence-corrected chi connectivity index (χ3v) is 4.49. The van der Waals surface area contributed by atoms with Crippen molar-refractivity contribution in [1.29, 1.82) is 0 Å². The zero-order valence-electron chi connectivity index (χ0n) is 17.4. The van der Waals surface area contributed by atoms with Gasteiger partial charge in [-0.3, -0.25) is 4.79 Å². The number of unbranched alkanes of at least 4 members (excludes halogenated alkanes) is 8. The molecule has 0 amide bonds. The number of rotatable bonds is 16. The lowest BCUT2D eigenvalue weighted by Gasteiger charge is -2.07. The summed E-state index contributed by atoms with van der Waals surface area (Å²) in [6.07, 6.45) is 17.5. The van der Waals surface area contributed by atoms with Gasteiger partial charge >= 0.3 is 5.97 Å². The van der Waals surface area contributed by atoms with Crippen molar-refractivity contribution >= 4 is 12.0 Å². The molecule has 1 aromatic rings. The van der Waals surface area contributed by atoms with Gasteiger partial charge in [-0.05, 0) is 43.9 Å². The molecule has 0 aliphatic carbocycles. The Bertz CT molecular complexity index is 522. The van der Waals surface area contributed by atoms with E-state index in [2.05, 4.69) is 31.2 Å². The minimum absolute atomic E-state index is 0.154. The van der Waals surface area contributed by atoms with Crippen LogP contribution in [0.4, 0.5) is 0 Å². The van der Waals surface area contributed by atoms with Gasteiger partial charge in [-0.25, -0.2) is 0 Å². The zero-order valence-corrected chi connectivity index (χ0v) is 17.4. The predicted octanol–water partition coefficient (Wildman–Crippen LogP) is 6.95. The molecule has 27 heavy (non-hydrogen) atoms. The standard InChI is InChI=1S/C24H38O3/c1-3-5-6-7-8-9-10-11-12-13-16-22-17-14-18-23(21-22)27-20-15-19-24(25)26-4-2/h13-14,16-18,21H,3-12,15,19-20H2,1-2H3. The van der Waals surface area contributed by atoms with Crippen molar-refractivity contribution in [2.45, 2.75) is 84.5 Å². The van der Waals surface area contributed by atoms with Gasteiger partial charge in [0.1, 0.15) is 5.75 Å². The van der Waals surface area contributed by atoms with Gasteiger partial charge in [0.15, 0.2) is 0 Å². The van der Waals surface area contributed by atoms with E-state index in [9.17, 15) is 4.79 Å². The lowest BCUT2D eigenvalue weighted by Crippen LogP contribution is -2.06. The van der Waals surface area contributed by atoms with Crippen molar-refractivity contribution in [2.75, 3.05) is 13.2 Å². The number of benzene rings is 1. The number of carbonyl (C=O) groups is 1. The van der Waals surface area contributed by atoms with Crippen LogP contribution in [0, 0.1) is 0 Å². The molecule has 0 bridgehead atoms. The fourth-order valence-electron chi connectivity index (χ4n) is 2.96. The Labute approximate surface area is 166 Å². The summed E-state index contributed by atoms with van der Waals surface area (Å²) in [7, 11) is 0. The van der Waals surface area contributed by atoms with Crippen LogP contribution in [-0.4, -0.2) is 19.2 Å². The minimum atomic E-state index is -0.154.